The topological polar surface area (TPSA) is 42.2 Å². The van der Waals surface area contributed by atoms with E-state index in [2.05, 4.69) is 23.5 Å². The first-order chi connectivity index (χ1) is 11.3. The van der Waals surface area contributed by atoms with Gasteiger partial charge in [-0.15, -0.1) is 0 Å². The van der Waals surface area contributed by atoms with Gasteiger partial charge in [0.15, 0.2) is 5.76 Å². The zero-order valence-corrected chi connectivity index (χ0v) is 12.5. The van der Waals surface area contributed by atoms with Crippen molar-refractivity contribution in [3.05, 3.63) is 84.1 Å². The molecule has 0 radical (unpaired) electrons. The summed E-state index contributed by atoms with van der Waals surface area (Å²) in [5, 5.41) is 6.19. The van der Waals surface area contributed by atoms with Gasteiger partial charge in [0.25, 0.3) is 5.91 Å². The van der Waals surface area contributed by atoms with Gasteiger partial charge in [-0.1, -0.05) is 60.7 Å². The van der Waals surface area contributed by atoms with Crippen LogP contribution in [0, 0.1) is 0 Å². The minimum atomic E-state index is -0.200. The van der Waals surface area contributed by atoms with E-state index in [1.165, 1.54) is 5.39 Å². The van der Waals surface area contributed by atoms with Gasteiger partial charge in [-0.2, -0.15) is 0 Å². The molecule has 112 valence electrons. The van der Waals surface area contributed by atoms with Gasteiger partial charge in [0.1, 0.15) is 5.58 Å². The van der Waals surface area contributed by atoms with Crippen LogP contribution in [0.2, 0.25) is 0 Å². The van der Waals surface area contributed by atoms with E-state index < -0.39 is 0 Å². The Balaban J connectivity index is 1.57. The number of hydrogen-bond donors (Lipinski definition) is 1. The maximum atomic E-state index is 12.3. The van der Waals surface area contributed by atoms with Crippen LogP contribution in [0.5, 0.6) is 0 Å². The number of rotatable bonds is 3. The molecule has 0 aliphatic heterocycles. The monoisotopic (exact) mass is 301 g/mol. The Morgan fingerprint density at radius 3 is 2.48 bits per heavy atom. The summed E-state index contributed by atoms with van der Waals surface area (Å²) in [4.78, 5) is 12.3. The van der Waals surface area contributed by atoms with Crippen LogP contribution in [0.1, 0.15) is 16.1 Å². The van der Waals surface area contributed by atoms with Crippen molar-refractivity contribution in [3.8, 4) is 0 Å². The van der Waals surface area contributed by atoms with E-state index in [1.54, 1.807) is 6.07 Å². The second-order valence-corrected chi connectivity index (χ2v) is 5.47. The number of amides is 1. The van der Waals surface area contributed by atoms with Crippen LogP contribution in [-0.2, 0) is 6.54 Å². The van der Waals surface area contributed by atoms with E-state index in [9.17, 15) is 4.79 Å². The van der Waals surface area contributed by atoms with Crippen LogP contribution >= 0.6 is 0 Å². The molecule has 1 heterocycles. The molecule has 0 bridgehead atoms. The minimum Gasteiger partial charge on any atom is -0.451 e. The average Bonchev–Trinajstić information content (AvgIpc) is 3.04. The van der Waals surface area contributed by atoms with E-state index in [0.29, 0.717) is 12.3 Å². The lowest BCUT2D eigenvalue weighted by Crippen LogP contribution is -2.22. The van der Waals surface area contributed by atoms with Crippen molar-refractivity contribution >= 4 is 27.6 Å². The van der Waals surface area contributed by atoms with E-state index in [1.807, 2.05) is 48.5 Å². The summed E-state index contributed by atoms with van der Waals surface area (Å²) in [7, 11) is 0. The third kappa shape index (κ3) is 2.57. The molecule has 3 heteroatoms. The lowest BCUT2D eigenvalue weighted by atomic mass is 10.0. The van der Waals surface area contributed by atoms with Crippen molar-refractivity contribution < 1.29 is 9.21 Å². The number of nitrogens with one attached hydrogen (secondary N) is 1. The van der Waals surface area contributed by atoms with Crippen molar-refractivity contribution in [2.24, 2.45) is 0 Å². The SMILES string of the molecule is O=C(NCc1cccc2ccccc12)c1cc2ccccc2o1. The van der Waals surface area contributed by atoms with Gasteiger partial charge in [0.2, 0.25) is 0 Å². The number of fused-ring (bicyclic) bond motifs is 2. The molecule has 0 aliphatic carbocycles. The molecule has 1 N–H and O–H groups in total. The van der Waals surface area contributed by atoms with Gasteiger partial charge in [0.05, 0.1) is 0 Å². The molecule has 0 saturated heterocycles. The Kier molecular flexibility index (Phi) is 3.31. The molecule has 3 aromatic carbocycles. The molecule has 0 unspecified atom stereocenters. The molecular formula is C20H15NO2. The molecule has 0 saturated carbocycles. The normalized spacial score (nSPS) is 11.0. The summed E-state index contributed by atoms with van der Waals surface area (Å²) in [5.41, 5.74) is 1.82. The number of benzene rings is 3. The summed E-state index contributed by atoms with van der Waals surface area (Å²) < 4.78 is 5.59. The maximum Gasteiger partial charge on any atom is 0.287 e. The summed E-state index contributed by atoms with van der Waals surface area (Å²) in [6.07, 6.45) is 0. The summed E-state index contributed by atoms with van der Waals surface area (Å²) in [6, 6.07) is 23.6. The van der Waals surface area contributed by atoms with Crippen molar-refractivity contribution in [3.63, 3.8) is 0 Å². The fourth-order valence-electron chi connectivity index (χ4n) is 2.80. The number of furan rings is 1. The average molecular weight is 301 g/mol. The quantitative estimate of drug-likeness (QED) is 0.604. The van der Waals surface area contributed by atoms with Crippen molar-refractivity contribution in [1.29, 1.82) is 0 Å². The van der Waals surface area contributed by atoms with Crippen LogP contribution < -0.4 is 5.32 Å². The number of carbonyl (C=O) groups is 1. The second-order valence-electron chi connectivity index (χ2n) is 5.47. The van der Waals surface area contributed by atoms with Gasteiger partial charge in [0, 0.05) is 11.9 Å². The molecule has 0 atom stereocenters. The highest BCUT2D eigenvalue weighted by atomic mass is 16.3. The lowest BCUT2D eigenvalue weighted by Gasteiger charge is -2.07. The maximum absolute atomic E-state index is 12.3. The standard InChI is InChI=1S/C20H15NO2/c22-20(19-12-15-7-2-4-11-18(15)23-19)21-13-16-9-5-8-14-6-1-3-10-17(14)16/h1-12H,13H2,(H,21,22). The summed E-state index contributed by atoms with van der Waals surface area (Å²) in [5.74, 6) is 0.139. The third-order valence-electron chi connectivity index (χ3n) is 3.97. The Labute approximate surface area is 133 Å². The summed E-state index contributed by atoms with van der Waals surface area (Å²) in [6.45, 7) is 0.469. The minimum absolute atomic E-state index is 0.200. The van der Waals surface area contributed by atoms with Crippen LogP contribution in [0.15, 0.2) is 77.2 Å². The van der Waals surface area contributed by atoms with Crippen LogP contribution in [0.3, 0.4) is 0 Å². The molecular weight excluding hydrogens is 286 g/mol. The molecule has 4 aromatic rings. The number of para-hydroxylation sites is 1. The largest absolute Gasteiger partial charge is 0.451 e. The zero-order chi connectivity index (χ0) is 15.6. The molecule has 23 heavy (non-hydrogen) atoms. The highest BCUT2D eigenvalue weighted by Crippen LogP contribution is 2.20. The van der Waals surface area contributed by atoms with Crippen molar-refractivity contribution in [1.82, 2.24) is 5.32 Å². The smallest absolute Gasteiger partial charge is 0.287 e. The van der Waals surface area contributed by atoms with Crippen LogP contribution in [-0.4, -0.2) is 5.91 Å². The van der Waals surface area contributed by atoms with Gasteiger partial charge in [-0.05, 0) is 28.5 Å². The molecule has 3 nitrogen and oxygen atoms in total. The van der Waals surface area contributed by atoms with E-state index in [0.717, 1.165) is 21.9 Å². The summed E-state index contributed by atoms with van der Waals surface area (Å²) >= 11 is 0. The molecule has 0 fully saturated rings. The van der Waals surface area contributed by atoms with E-state index in [4.69, 9.17) is 4.42 Å². The Morgan fingerprint density at radius 1 is 0.870 bits per heavy atom. The first-order valence-electron chi connectivity index (χ1n) is 7.55. The molecule has 1 aromatic heterocycles. The van der Waals surface area contributed by atoms with E-state index in [-0.39, 0.29) is 5.91 Å². The van der Waals surface area contributed by atoms with Crippen LogP contribution in [0.4, 0.5) is 0 Å². The fourth-order valence-corrected chi connectivity index (χ4v) is 2.80. The predicted octanol–water partition coefficient (Wildman–Crippen LogP) is 4.52. The first-order valence-corrected chi connectivity index (χ1v) is 7.55. The van der Waals surface area contributed by atoms with Crippen molar-refractivity contribution in [2.45, 2.75) is 6.54 Å². The number of hydrogen-bond acceptors (Lipinski definition) is 2. The molecule has 0 spiro atoms. The highest BCUT2D eigenvalue weighted by molar-refractivity contribution is 5.96. The van der Waals surface area contributed by atoms with E-state index >= 15 is 0 Å². The predicted molar refractivity (Wildman–Crippen MR) is 91.3 cm³/mol. The Hall–Kier alpha value is -3.07. The molecule has 4 rings (SSSR count). The van der Waals surface area contributed by atoms with Crippen LogP contribution in [0.25, 0.3) is 21.7 Å². The molecule has 0 aliphatic rings. The lowest BCUT2D eigenvalue weighted by molar-refractivity contribution is 0.0925. The zero-order valence-electron chi connectivity index (χ0n) is 12.5. The number of carbonyl (C=O) groups excluding carboxylic acids is 1. The second kappa shape index (κ2) is 5.61. The third-order valence-corrected chi connectivity index (χ3v) is 3.97. The highest BCUT2D eigenvalue weighted by Gasteiger charge is 2.12. The van der Waals surface area contributed by atoms with Crippen molar-refractivity contribution in [2.75, 3.05) is 0 Å². The Bertz CT molecular complexity index is 962. The van der Waals surface area contributed by atoms with Gasteiger partial charge >= 0.3 is 0 Å². The fraction of sp³-hybridized carbons (Fsp3) is 0.0500. The first kappa shape index (κ1) is 13.6. The van der Waals surface area contributed by atoms with Gasteiger partial charge in [-0.25, -0.2) is 0 Å². The van der Waals surface area contributed by atoms with Gasteiger partial charge < -0.3 is 9.73 Å². The van der Waals surface area contributed by atoms with Gasteiger partial charge in [-0.3, -0.25) is 4.79 Å². The molecule has 1 amide bonds. The Morgan fingerprint density at radius 2 is 1.61 bits per heavy atom.